The number of nitriles is 1. The molecule has 2 fully saturated rings. The summed E-state index contributed by atoms with van der Waals surface area (Å²) in [6, 6.07) is 7.23. The molecule has 4 heteroatoms. The molecule has 0 aliphatic carbocycles. The molecule has 3 rings (SSSR count). The van der Waals surface area contributed by atoms with Crippen molar-refractivity contribution in [3.8, 4) is 6.07 Å². The summed E-state index contributed by atoms with van der Waals surface area (Å²) < 4.78 is 13.9. The van der Waals surface area contributed by atoms with Crippen molar-refractivity contribution in [1.29, 1.82) is 5.26 Å². The monoisotopic (exact) mass is 259 g/mol. The first-order valence-electron chi connectivity index (χ1n) is 6.82. The van der Waals surface area contributed by atoms with Crippen molar-refractivity contribution < 1.29 is 4.39 Å². The van der Waals surface area contributed by atoms with Crippen LogP contribution in [0.15, 0.2) is 18.2 Å². The summed E-state index contributed by atoms with van der Waals surface area (Å²) in [7, 11) is 0. The average molecular weight is 259 g/mol. The Morgan fingerprint density at radius 1 is 1.47 bits per heavy atom. The molecule has 0 saturated carbocycles. The summed E-state index contributed by atoms with van der Waals surface area (Å²) in [5.41, 5.74) is 1.08. The standard InChI is InChI=1S/C15H18FN3/c1-10-14-7-18-6-13(14)9-19(10)8-12-3-2-11(5-17)4-15(12)16/h2-4,10,13-14,18H,6-9H2,1H3. The van der Waals surface area contributed by atoms with Gasteiger partial charge in [-0.2, -0.15) is 5.26 Å². The SMILES string of the molecule is CC1C2CNCC2CN1Cc1ccc(C#N)cc1F. The zero-order chi connectivity index (χ0) is 13.4. The van der Waals surface area contributed by atoms with Crippen molar-refractivity contribution in [1.82, 2.24) is 10.2 Å². The van der Waals surface area contributed by atoms with Gasteiger partial charge in [-0.1, -0.05) is 6.07 Å². The molecular formula is C15H18FN3. The summed E-state index contributed by atoms with van der Waals surface area (Å²) in [6.45, 7) is 6.09. The highest BCUT2D eigenvalue weighted by atomic mass is 19.1. The normalized spacial score (nSPS) is 30.3. The van der Waals surface area contributed by atoms with E-state index in [1.165, 1.54) is 6.07 Å². The molecule has 3 unspecified atom stereocenters. The Labute approximate surface area is 113 Å². The Balaban J connectivity index is 1.74. The summed E-state index contributed by atoms with van der Waals surface area (Å²) in [5, 5.41) is 12.2. The molecule has 2 heterocycles. The van der Waals surface area contributed by atoms with Gasteiger partial charge in [-0.25, -0.2) is 4.39 Å². The highest BCUT2D eigenvalue weighted by Gasteiger charge is 2.41. The van der Waals surface area contributed by atoms with Crippen LogP contribution in [0.3, 0.4) is 0 Å². The Hall–Kier alpha value is -1.44. The largest absolute Gasteiger partial charge is 0.316 e. The van der Waals surface area contributed by atoms with Crippen molar-refractivity contribution in [3.05, 3.63) is 35.1 Å². The van der Waals surface area contributed by atoms with Crippen LogP contribution in [-0.4, -0.2) is 30.6 Å². The first kappa shape index (κ1) is 12.6. The smallest absolute Gasteiger partial charge is 0.129 e. The van der Waals surface area contributed by atoms with Crippen molar-refractivity contribution >= 4 is 0 Å². The number of hydrogen-bond acceptors (Lipinski definition) is 3. The van der Waals surface area contributed by atoms with Gasteiger partial charge in [0.05, 0.1) is 11.6 Å². The van der Waals surface area contributed by atoms with Crippen LogP contribution in [0.1, 0.15) is 18.1 Å². The number of nitrogens with one attached hydrogen (secondary N) is 1. The predicted octanol–water partition coefficient (Wildman–Crippen LogP) is 1.74. The lowest BCUT2D eigenvalue weighted by Crippen LogP contribution is -2.33. The number of halogens is 1. The topological polar surface area (TPSA) is 39.1 Å². The van der Waals surface area contributed by atoms with Gasteiger partial charge < -0.3 is 5.32 Å². The maximum atomic E-state index is 13.9. The highest BCUT2D eigenvalue weighted by molar-refractivity contribution is 5.33. The van der Waals surface area contributed by atoms with Crippen LogP contribution >= 0.6 is 0 Å². The van der Waals surface area contributed by atoms with E-state index in [0.717, 1.165) is 19.6 Å². The van der Waals surface area contributed by atoms with Crippen LogP contribution in [0.4, 0.5) is 4.39 Å². The maximum absolute atomic E-state index is 13.9. The number of hydrogen-bond donors (Lipinski definition) is 1. The quantitative estimate of drug-likeness (QED) is 0.879. The van der Waals surface area contributed by atoms with E-state index >= 15 is 0 Å². The molecule has 2 saturated heterocycles. The van der Waals surface area contributed by atoms with Crippen molar-refractivity contribution in [2.45, 2.75) is 19.5 Å². The minimum atomic E-state index is -0.263. The summed E-state index contributed by atoms with van der Waals surface area (Å²) in [4.78, 5) is 2.36. The van der Waals surface area contributed by atoms with Gasteiger partial charge in [0.1, 0.15) is 5.82 Å². The van der Waals surface area contributed by atoms with Gasteiger partial charge in [0.25, 0.3) is 0 Å². The van der Waals surface area contributed by atoms with Crippen LogP contribution in [0, 0.1) is 29.0 Å². The molecule has 0 aromatic heterocycles. The fraction of sp³-hybridized carbons (Fsp3) is 0.533. The second kappa shape index (κ2) is 4.92. The van der Waals surface area contributed by atoms with Crippen molar-refractivity contribution in [2.75, 3.05) is 19.6 Å². The minimum Gasteiger partial charge on any atom is -0.316 e. The predicted molar refractivity (Wildman–Crippen MR) is 70.8 cm³/mol. The molecule has 3 atom stereocenters. The van der Waals surface area contributed by atoms with Gasteiger partial charge in [-0.05, 0) is 44.0 Å². The average Bonchev–Trinajstić information content (AvgIpc) is 2.96. The summed E-state index contributed by atoms with van der Waals surface area (Å²) in [5.74, 6) is 1.14. The van der Waals surface area contributed by atoms with Crippen LogP contribution in [0.25, 0.3) is 0 Å². The Morgan fingerprint density at radius 2 is 2.32 bits per heavy atom. The van der Waals surface area contributed by atoms with E-state index < -0.39 is 0 Å². The minimum absolute atomic E-state index is 0.263. The van der Waals surface area contributed by atoms with E-state index in [4.69, 9.17) is 5.26 Å². The number of benzene rings is 1. The number of likely N-dealkylation sites (tertiary alicyclic amines) is 1. The first-order valence-corrected chi connectivity index (χ1v) is 6.82. The van der Waals surface area contributed by atoms with Crippen molar-refractivity contribution in [2.24, 2.45) is 11.8 Å². The van der Waals surface area contributed by atoms with Gasteiger partial charge in [0, 0.05) is 24.7 Å². The molecule has 3 nitrogen and oxygen atoms in total. The Kier molecular flexibility index (Phi) is 3.26. The molecule has 0 radical (unpaired) electrons. The molecular weight excluding hydrogens is 241 g/mol. The second-order valence-electron chi connectivity index (χ2n) is 5.67. The lowest BCUT2D eigenvalue weighted by Gasteiger charge is -2.24. The molecule has 100 valence electrons. The summed E-state index contributed by atoms with van der Waals surface area (Å²) in [6.07, 6.45) is 0. The molecule has 0 spiro atoms. The van der Waals surface area contributed by atoms with E-state index in [1.54, 1.807) is 12.1 Å². The van der Waals surface area contributed by atoms with E-state index in [2.05, 4.69) is 17.1 Å². The molecule has 0 bridgehead atoms. The third-order valence-electron chi connectivity index (χ3n) is 4.61. The molecule has 2 aliphatic rings. The number of fused-ring (bicyclic) bond motifs is 1. The lowest BCUT2D eigenvalue weighted by molar-refractivity contribution is 0.228. The Bertz CT molecular complexity index is 523. The highest BCUT2D eigenvalue weighted by Crippen LogP contribution is 2.33. The van der Waals surface area contributed by atoms with E-state index in [9.17, 15) is 4.39 Å². The first-order chi connectivity index (χ1) is 9.19. The number of nitrogens with zero attached hydrogens (tertiary/aromatic N) is 2. The zero-order valence-electron chi connectivity index (χ0n) is 11.1. The number of rotatable bonds is 2. The van der Waals surface area contributed by atoms with Gasteiger partial charge >= 0.3 is 0 Å². The van der Waals surface area contributed by atoms with Crippen LogP contribution < -0.4 is 5.32 Å². The molecule has 1 aromatic carbocycles. The van der Waals surface area contributed by atoms with Gasteiger partial charge in [-0.15, -0.1) is 0 Å². The Morgan fingerprint density at radius 3 is 3.00 bits per heavy atom. The third-order valence-corrected chi connectivity index (χ3v) is 4.61. The fourth-order valence-electron chi connectivity index (χ4n) is 3.43. The van der Waals surface area contributed by atoms with Crippen LogP contribution in [-0.2, 0) is 6.54 Å². The van der Waals surface area contributed by atoms with Gasteiger partial charge in [-0.3, -0.25) is 4.90 Å². The molecule has 0 amide bonds. The third kappa shape index (κ3) is 2.24. The second-order valence-corrected chi connectivity index (χ2v) is 5.67. The van der Waals surface area contributed by atoms with E-state index in [1.807, 2.05) is 6.07 Å². The van der Waals surface area contributed by atoms with Gasteiger partial charge in [0.2, 0.25) is 0 Å². The zero-order valence-corrected chi connectivity index (χ0v) is 11.1. The van der Waals surface area contributed by atoms with Crippen molar-refractivity contribution in [3.63, 3.8) is 0 Å². The maximum Gasteiger partial charge on any atom is 0.129 e. The molecule has 2 aliphatic heterocycles. The summed E-state index contributed by atoms with van der Waals surface area (Å²) >= 11 is 0. The molecule has 1 aromatic rings. The molecule has 1 N–H and O–H groups in total. The van der Waals surface area contributed by atoms with Gasteiger partial charge in [0.15, 0.2) is 0 Å². The van der Waals surface area contributed by atoms with Crippen LogP contribution in [0.2, 0.25) is 0 Å². The van der Waals surface area contributed by atoms with Crippen LogP contribution in [0.5, 0.6) is 0 Å². The van der Waals surface area contributed by atoms with E-state index in [-0.39, 0.29) is 5.82 Å². The fourth-order valence-corrected chi connectivity index (χ4v) is 3.43. The molecule has 19 heavy (non-hydrogen) atoms. The lowest BCUT2D eigenvalue weighted by atomic mass is 9.95. The van der Waals surface area contributed by atoms with E-state index in [0.29, 0.717) is 35.5 Å².